The number of piperazine rings is 1. The van der Waals surface area contributed by atoms with Gasteiger partial charge in [0.25, 0.3) is 0 Å². The van der Waals surface area contributed by atoms with Crippen molar-refractivity contribution in [2.45, 2.75) is 26.3 Å². The van der Waals surface area contributed by atoms with E-state index < -0.39 is 0 Å². The number of carbonyl (C=O) groups is 2. The molecule has 0 saturated carbocycles. The Bertz CT molecular complexity index is 255. The zero-order valence-corrected chi connectivity index (χ0v) is 9.40. The zero-order chi connectivity index (χ0) is 11.4. The van der Waals surface area contributed by atoms with Gasteiger partial charge in [0.1, 0.15) is 6.04 Å². The lowest BCUT2D eigenvalue weighted by atomic mass is 10.1. The largest absolute Gasteiger partial charge is 0.332 e. The van der Waals surface area contributed by atoms with Gasteiger partial charge in [0.05, 0.1) is 6.54 Å². The number of carbonyl (C=O) groups excluding carboxylic acids is 2. The van der Waals surface area contributed by atoms with Gasteiger partial charge in [-0.2, -0.15) is 0 Å². The molecule has 1 fully saturated rings. The molecule has 5 nitrogen and oxygen atoms in total. The Morgan fingerprint density at radius 1 is 1.47 bits per heavy atom. The lowest BCUT2D eigenvalue weighted by Gasteiger charge is -2.38. The number of nitrogens with zero attached hydrogens (tertiary/aromatic N) is 2. The molecule has 0 aromatic rings. The van der Waals surface area contributed by atoms with Crippen LogP contribution in [0.5, 0.6) is 0 Å². The van der Waals surface area contributed by atoms with Crippen LogP contribution in [0, 0.1) is 0 Å². The molecule has 0 aromatic heterocycles. The minimum atomic E-state index is -0.325. The Labute approximate surface area is 90.2 Å². The van der Waals surface area contributed by atoms with E-state index in [2.05, 4.69) is 0 Å². The summed E-state index contributed by atoms with van der Waals surface area (Å²) in [5.74, 6) is 0.0616. The van der Waals surface area contributed by atoms with Gasteiger partial charge in [0.2, 0.25) is 11.8 Å². The summed E-state index contributed by atoms with van der Waals surface area (Å²) in [6.07, 6.45) is 0.748. The van der Waals surface area contributed by atoms with E-state index in [1.807, 2.05) is 6.92 Å². The van der Waals surface area contributed by atoms with E-state index in [0.717, 1.165) is 6.42 Å². The van der Waals surface area contributed by atoms with Gasteiger partial charge in [0.15, 0.2) is 0 Å². The molecule has 0 aromatic carbocycles. The molecule has 0 bridgehead atoms. The van der Waals surface area contributed by atoms with Crippen molar-refractivity contribution in [2.75, 3.05) is 26.2 Å². The van der Waals surface area contributed by atoms with Crippen molar-refractivity contribution in [3.05, 3.63) is 0 Å². The number of nitrogens with two attached hydrogens (primary N) is 1. The normalized spacial score (nSPS) is 22.5. The van der Waals surface area contributed by atoms with Gasteiger partial charge in [0, 0.05) is 13.1 Å². The van der Waals surface area contributed by atoms with Gasteiger partial charge in [-0.1, -0.05) is 0 Å². The Morgan fingerprint density at radius 2 is 2.13 bits per heavy atom. The van der Waals surface area contributed by atoms with E-state index in [1.54, 1.807) is 16.7 Å². The van der Waals surface area contributed by atoms with Gasteiger partial charge in [-0.05, 0) is 26.8 Å². The summed E-state index contributed by atoms with van der Waals surface area (Å²) in [4.78, 5) is 26.7. The van der Waals surface area contributed by atoms with Crippen LogP contribution in [0.4, 0.5) is 0 Å². The minimum Gasteiger partial charge on any atom is -0.332 e. The quantitative estimate of drug-likeness (QED) is 0.679. The molecule has 0 spiro atoms. The van der Waals surface area contributed by atoms with Crippen LogP contribution < -0.4 is 5.73 Å². The maximum Gasteiger partial charge on any atom is 0.245 e. The van der Waals surface area contributed by atoms with E-state index in [0.29, 0.717) is 19.6 Å². The molecule has 15 heavy (non-hydrogen) atoms. The van der Waals surface area contributed by atoms with Crippen LogP contribution in [0.1, 0.15) is 20.3 Å². The van der Waals surface area contributed by atoms with Gasteiger partial charge in [-0.15, -0.1) is 0 Å². The number of likely N-dealkylation sites (N-methyl/N-ethyl adjacent to an activating group) is 1. The molecule has 5 heteroatoms. The molecule has 1 rings (SSSR count). The standard InChI is InChI=1S/C10H19N3O2/c1-3-13-8(2)10(15)12(6-4-5-11)7-9(13)14/h8H,3-7,11H2,1-2H3. The summed E-state index contributed by atoms with van der Waals surface area (Å²) in [6, 6.07) is -0.325. The number of hydrogen-bond acceptors (Lipinski definition) is 3. The number of hydrogen-bond donors (Lipinski definition) is 1. The second kappa shape index (κ2) is 5.11. The molecule has 2 amide bonds. The van der Waals surface area contributed by atoms with Crippen LogP contribution in [0.15, 0.2) is 0 Å². The third-order valence-electron chi connectivity index (χ3n) is 2.76. The van der Waals surface area contributed by atoms with Crippen molar-refractivity contribution < 1.29 is 9.59 Å². The molecule has 1 unspecified atom stereocenters. The highest BCUT2D eigenvalue weighted by Crippen LogP contribution is 2.12. The van der Waals surface area contributed by atoms with Gasteiger partial charge in [-0.3, -0.25) is 9.59 Å². The first-order valence-corrected chi connectivity index (χ1v) is 5.40. The first-order valence-electron chi connectivity index (χ1n) is 5.40. The molecule has 1 aliphatic heterocycles. The van der Waals surface area contributed by atoms with Crippen molar-refractivity contribution >= 4 is 11.8 Å². The fourth-order valence-corrected chi connectivity index (χ4v) is 1.87. The molecule has 0 aliphatic carbocycles. The second-order valence-electron chi connectivity index (χ2n) is 3.76. The van der Waals surface area contributed by atoms with Crippen LogP contribution in [0.3, 0.4) is 0 Å². The lowest BCUT2D eigenvalue weighted by molar-refractivity contribution is -0.154. The van der Waals surface area contributed by atoms with E-state index in [1.165, 1.54) is 0 Å². The maximum absolute atomic E-state index is 11.8. The highest BCUT2D eigenvalue weighted by atomic mass is 16.2. The van der Waals surface area contributed by atoms with Gasteiger partial charge in [-0.25, -0.2) is 0 Å². The molecule has 1 aliphatic rings. The number of rotatable bonds is 4. The van der Waals surface area contributed by atoms with Crippen LogP contribution in [0.2, 0.25) is 0 Å². The maximum atomic E-state index is 11.8. The topological polar surface area (TPSA) is 66.6 Å². The molecular weight excluding hydrogens is 194 g/mol. The zero-order valence-electron chi connectivity index (χ0n) is 9.40. The Balaban J connectivity index is 2.64. The fraction of sp³-hybridized carbons (Fsp3) is 0.800. The van der Waals surface area contributed by atoms with Crippen molar-refractivity contribution in [3.8, 4) is 0 Å². The highest BCUT2D eigenvalue weighted by molar-refractivity contribution is 5.94. The van der Waals surface area contributed by atoms with Crippen LogP contribution in [-0.2, 0) is 9.59 Å². The van der Waals surface area contributed by atoms with Crippen molar-refractivity contribution in [2.24, 2.45) is 5.73 Å². The highest BCUT2D eigenvalue weighted by Gasteiger charge is 2.34. The average molecular weight is 213 g/mol. The van der Waals surface area contributed by atoms with Gasteiger partial charge < -0.3 is 15.5 Å². The number of amides is 2. The van der Waals surface area contributed by atoms with Crippen LogP contribution >= 0.6 is 0 Å². The molecule has 1 atom stereocenters. The molecule has 0 radical (unpaired) electrons. The van der Waals surface area contributed by atoms with Crippen molar-refractivity contribution in [1.82, 2.24) is 9.80 Å². The average Bonchev–Trinajstić information content (AvgIpc) is 2.22. The molecule has 1 saturated heterocycles. The van der Waals surface area contributed by atoms with Crippen LogP contribution in [0.25, 0.3) is 0 Å². The summed E-state index contributed by atoms with van der Waals surface area (Å²) >= 11 is 0. The van der Waals surface area contributed by atoms with Crippen LogP contribution in [-0.4, -0.2) is 53.8 Å². The summed E-state index contributed by atoms with van der Waals surface area (Å²) in [7, 11) is 0. The molecule has 2 N–H and O–H groups in total. The molecule has 86 valence electrons. The van der Waals surface area contributed by atoms with Gasteiger partial charge >= 0.3 is 0 Å². The first kappa shape index (κ1) is 12.0. The predicted molar refractivity (Wildman–Crippen MR) is 57.1 cm³/mol. The smallest absolute Gasteiger partial charge is 0.245 e. The Hall–Kier alpha value is -1.10. The summed E-state index contributed by atoms with van der Waals surface area (Å²) in [6.45, 7) is 5.59. The Morgan fingerprint density at radius 3 is 2.67 bits per heavy atom. The first-order chi connectivity index (χ1) is 7.11. The fourth-order valence-electron chi connectivity index (χ4n) is 1.87. The van der Waals surface area contributed by atoms with Crippen molar-refractivity contribution in [1.29, 1.82) is 0 Å². The van der Waals surface area contributed by atoms with E-state index in [4.69, 9.17) is 5.73 Å². The molecular formula is C10H19N3O2. The SMILES string of the molecule is CCN1C(=O)CN(CCCN)C(=O)C1C. The predicted octanol–water partition coefficient (Wildman–Crippen LogP) is -0.586. The monoisotopic (exact) mass is 213 g/mol. The summed E-state index contributed by atoms with van der Waals surface area (Å²) in [5, 5.41) is 0. The third kappa shape index (κ3) is 2.47. The summed E-state index contributed by atoms with van der Waals surface area (Å²) in [5.41, 5.74) is 5.38. The molecule has 1 heterocycles. The summed E-state index contributed by atoms with van der Waals surface area (Å²) < 4.78 is 0. The Kier molecular flexibility index (Phi) is 4.08. The van der Waals surface area contributed by atoms with Crippen molar-refractivity contribution in [3.63, 3.8) is 0 Å². The van der Waals surface area contributed by atoms with E-state index >= 15 is 0 Å². The lowest BCUT2D eigenvalue weighted by Crippen LogP contribution is -2.58. The third-order valence-corrected chi connectivity index (χ3v) is 2.76. The second-order valence-corrected chi connectivity index (χ2v) is 3.76. The minimum absolute atomic E-state index is 0.0293. The van der Waals surface area contributed by atoms with E-state index in [9.17, 15) is 9.59 Å². The van der Waals surface area contributed by atoms with E-state index in [-0.39, 0.29) is 24.4 Å².